The summed E-state index contributed by atoms with van der Waals surface area (Å²) in [7, 11) is 0. The molecule has 0 fully saturated rings. The molecule has 1 aromatic carbocycles. The Hall–Kier alpha value is -2.52. The molecule has 10 heteroatoms. The molecule has 5 nitrogen and oxygen atoms in total. The molecule has 1 N–H and O–H groups in total. The molecule has 2 heterocycles. The maximum absolute atomic E-state index is 12.5. The average molecular weight is 427 g/mol. The molecule has 0 unspecified atom stereocenters. The van der Waals surface area contributed by atoms with Gasteiger partial charge >= 0.3 is 6.18 Å². The summed E-state index contributed by atoms with van der Waals surface area (Å²) in [5.41, 5.74) is 0.138. The molecule has 0 spiro atoms. The van der Waals surface area contributed by atoms with Gasteiger partial charge in [-0.15, -0.1) is 0 Å². The highest BCUT2D eigenvalue weighted by Gasteiger charge is 2.30. The Morgan fingerprint density at radius 1 is 1.14 bits per heavy atom. The number of aromatic nitrogens is 3. The van der Waals surface area contributed by atoms with Gasteiger partial charge in [0, 0.05) is 17.3 Å². The molecule has 0 atom stereocenters. The van der Waals surface area contributed by atoms with E-state index >= 15 is 0 Å². The molecular weight excluding hydrogens is 413 g/mol. The molecule has 3 aromatic rings. The normalized spacial score (nSPS) is 11.4. The third-order valence-electron chi connectivity index (χ3n) is 3.64. The largest absolute Gasteiger partial charge is 0.417 e. The van der Waals surface area contributed by atoms with E-state index in [0.29, 0.717) is 22.4 Å². The summed E-state index contributed by atoms with van der Waals surface area (Å²) in [5.74, 6) is 0.204. The lowest BCUT2D eigenvalue weighted by atomic mass is 10.2. The van der Waals surface area contributed by atoms with E-state index in [0.717, 1.165) is 29.6 Å². The van der Waals surface area contributed by atoms with Crippen molar-refractivity contribution in [1.29, 1.82) is 0 Å². The van der Waals surface area contributed by atoms with Gasteiger partial charge in [0.1, 0.15) is 5.82 Å². The van der Waals surface area contributed by atoms with Gasteiger partial charge in [-0.25, -0.2) is 9.67 Å². The van der Waals surface area contributed by atoms with Gasteiger partial charge in [-0.1, -0.05) is 35.5 Å². The second kappa shape index (κ2) is 8.66. The van der Waals surface area contributed by atoms with E-state index in [9.17, 15) is 18.0 Å². The molecule has 0 saturated carbocycles. The number of amides is 1. The predicted molar refractivity (Wildman–Crippen MR) is 101 cm³/mol. The molecule has 0 aliphatic carbocycles. The summed E-state index contributed by atoms with van der Waals surface area (Å²) < 4.78 is 39.2. The second-order valence-corrected chi connectivity index (χ2v) is 7.15. The molecule has 0 bridgehead atoms. The van der Waals surface area contributed by atoms with Crippen molar-refractivity contribution >= 4 is 35.1 Å². The number of alkyl halides is 3. The number of hydrogen-bond donors (Lipinski definition) is 1. The Kier molecular flexibility index (Phi) is 6.25. The highest BCUT2D eigenvalue weighted by molar-refractivity contribution is 7.99. The SMILES string of the molecule is O=C(CSc1ccc(C(F)(F)F)cn1)Nc1ccnn1Cc1ccc(Cl)cc1. The van der Waals surface area contributed by atoms with Gasteiger partial charge < -0.3 is 5.32 Å². The number of carbonyl (C=O) groups excluding carboxylic acids is 1. The van der Waals surface area contributed by atoms with Crippen molar-refractivity contribution in [3.05, 3.63) is 71.0 Å². The fourth-order valence-corrected chi connectivity index (χ4v) is 3.05. The van der Waals surface area contributed by atoms with Gasteiger partial charge in [-0.2, -0.15) is 18.3 Å². The van der Waals surface area contributed by atoms with Crippen LogP contribution >= 0.6 is 23.4 Å². The highest BCUT2D eigenvalue weighted by Crippen LogP contribution is 2.29. The van der Waals surface area contributed by atoms with E-state index < -0.39 is 11.7 Å². The quantitative estimate of drug-likeness (QED) is 0.579. The molecule has 146 valence electrons. The minimum absolute atomic E-state index is 0.00445. The highest BCUT2D eigenvalue weighted by atomic mass is 35.5. The second-order valence-electron chi connectivity index (χ2n) is 5.72. The topological polar surface area (TPSA) is 59.8 Å². The van der Waals surface area contributed by atoms with E-state index in [1.54, 1.807) is 29.1 Å². The number of pyridine rings is 1. The molecule has 0 aliphatic rings. The number of halogens is 4. The minimum atomic E-state index is -4.43. The van der Waals surface area contributed by atoms with Crippen LogP contribution in [0.4, 0.5) is 19.0 Å². The van der Waals surface area contributed by atoms with Gasteiger partial charge in [0.25, 0.3) is 0 Å². The van der Waals surface area contributed by atoms with Crippen LogP contribution in [-0.4, -0.2) is 26.4 Å². The first kappa shape index (κ1) is 20.2. The first-order chi connectivity index (χ1) is 13.3. The molecule has 0 radical (unpaired) electrons. The Morgan fingerprint density at radius 2 is 1.89 bits per heavy atom. The fourth-order valence-electron chi connectivity index (χ4n) is 2.28. The van der Waals surface area contributed by atoms with Gasteiger partial charge in [0.15, 0.2) is 0 Å². The van der Waals surface area contributed by atoms with Crippen LogP contribution in [0.5, 0.6) is 0 Å². The minimum Gasteiger partial charge on any atom is -0.310 e. The lowest BCUT2D eigenvalue weighted by Crippen LogP contribution is -2.18. The van der Waals surface area contributed by atoms with Gasteiger partial charge in [0.05, 0.1) is 29.1 Å². The smallest absolute Gasteiger partial charge is 0.310 e. The number of nitrogens with zero attached hydrogens (tertiary/aromatic N) is 3. The summed E-state index contributed by atoms with van der Waals surface area (Å²) in [6.07, 6.45) is -2.12. The Balaban J connectivity index is 1.55. The number of thioether (sulfide) groups is 1. The van der Waals surface area contributed by atoms with Crippen LogP contribution in [0.1, 0.15) is 11.1 Å². The monoisotopic (exact) mass is 426 g/mol. The molecule has 3 rings (SSSR count). The zero-order chi connectivity index (χ0) is 20.1. The number of anilines is 1. The molecule has 2 aromatic heterocycles. The van der Waals surface area contributed by atoms with E-state index in [1.165, 1.54) is 6.07 Å². The van der Waals surface area contributed by atoms with Crippen molar-refractivity contribution in [1.82, 2.24) is 14.8 Å². The standard InChI is InChI=1S/C18H14ClF3N4OS/c19-14-4-1-12(2-5-14)10-26-15(7-8-24-26)25-16(27)11-28-17-6-3-13(9-23-17)18(20,21)22/h1-9H,10-11H2,(H,25,27). The zero-order valence-corrected chi connectivity index (χ0v) is 15.9. The van der Waals surface area contributed by atoms with Crippen LogP contribution in [0.25, 0.3) is 0 Å². The van der Waals surface area contributed by atoms with Crippen LogP contribution in [0.2, 0.25) is 5.02 Å². The summed E-state index contributed by atoms with van der Waals surface area (Å²) >= 11 is 6.91. The van der Waals surface area contributed by atoms with E-state index in [1.807, 2.05) is 12.1 Å². The predicted octanol–water partition coefficient (Wildman–Crippen LogP) is 4.73. The van der Waals surface area contributed by atoms with Crippen molar-refractivity contribution < 1.29 is 18.0 Å². The maximum Gasteiger partial charge on any atom is 0.417 e. The Labute approximate surface area is 167 Å². The van der Waals surface area contributed by atoms with Crippen LogP contribution < -0.4 is 5.32 Å². The average Bonchev–Trinajstić information content (AvgIpc) is 3.08. The summed E-state index contributed by atoms with van der Waals surface area (Å²) in [4.78, 5) is 15.9. The first-order valence-corrected chi connectivity index (χ1v) is 9.40. The van der Waals surface area contributed by atoms with Crippen LogP contribution in [0.15, 0.2) is 59.9 Å². The molecule has 0 saturated heterocycles. The van der Waals surface area contributed by atoms with Crippen LogP contribution in [-0.2, 0) is 17.5 Å². The van der Waals surface area contributed by atoms with Crippen molar-refractivity contribution in [3.8, 4) is 0 Å². The van der Waals surface area contributed by atoms with E-state index in [2.05, 4.69) is 15.4 Å². The third-order valence-corrected chi connectivity index (χ3v) is 4.84. The maximum atomic E-state index is 12.5. The number of carbonyl (C=O) groups is 1. The lowest BCUT2D eigenvalue weighted by molar-refractivity contribution is -0.137. The van der Waals surface area contributed by atoms with Crippen molar-refractivity contribution in [2.24, 2.45) is 0 Å². The molecule has 28 heavy (non-hydrogen) atoms. The van der Waals surface area contributed by atoms with Crippen molar-refractivity contribution in [2.75, 3.05) is 11.1 Å². The summed E-state index contributed by atoms with van der Waals surface area (Å²) in [6, 6.07) is 11.1. The summed E-state index contributed by atoms with van der Waals surface area (Å²) in [6.45, 7) is 0.452. The van der Waals surface area contributed by atoms with Gasteiger partial charge in [-0.05, 0) is 29.8 Å². The summed E-state index contributed by atoms with van der Waals surface area (Å²) in [5, 5.41) is 7.88. The molecule has 1 amide bonds. The van der Waals surface area contributed by atoms with E-state index in [4.69, 9.17) is 11.6 Å². The number of hydrogen-bond acceptors (Lipinski definition) is 4. The third kappa shape index (κ3) is 5.49. The Bertz CT molecular complexity index is 943. The lowest BCUT2D eigenvalue weighted by Gasteiger charge is -2.09. The van der Waals surface area contributed by atoms with E-state index in [-0.39, 0.29) is 11.7 Å². The molecule has 0 aliphatic heterocycles. The van der Waals surface area contributed by atoms with Crippen LogP contribution in [0.3, 0.4) is 0 Å². The fraction of sp³-hybridized carbons (Fsp3) is 0.167. The van der Waals surface area contributed by atoms with Crippen LogP contribution in [0, 0.1) is 0 Å². The van der Waals surface area contributed by atoms with Crippen molar-refractivity contribution in [2.45, 2.75) is 17.7 Å². The number of benzene rings is 1. The van der Waals surface area contributed by atoms with Crippen molar-refractivity contribution in [3.63, 3.8) is 0 Å². The van der Waals surface area contributed by atoms with Gasteiger partial charge in [0.2, 0.25) is 5.91 Å². The first-order valence-electron chi connectivity index (χ1n) is 8.03. The van der Waals surface area contributed by atoms with Gasteiger partial charge in [-0.3, -0.25) is 4.79 Å². The zero-order valence-electron chi connectivity index (χ0n) is 14.3. The number of rotatable bonds is 6. The number of nitrogens with one attached hydrogen (secondary N) is 1. The molecular formula is C18H14ClF3N4OS. The Morgan fingerprint density at radius 3 is 2.54 bits per heavy atom.